The lowest BCUT2D eigenvalue weighted by Gasteiger charge is -2.07. The Bertz CT molecular complexity index is 420. The molecule has 0 rings (SSSR count). The molecule has 0 aliphatic heterocycles. The minimum absolute atomic E-state index is 0.194. The van der Waals surface area contributed by atoms with Crippen LogP contribution in [0.5, 0.6) is 0 Å². The standard InChI is InChI=1S/C28H54O4/c1-4-5-6-7-8-9-10-11-12-13-14-15-16-17-18-19-24-31-27(29)21-20-22-28(30)32-25-23-26(2)3/h26H,4-25H2,1-3H3. The quantitative estimate of drug-likeness (QED) is 0.108. The summed E-state index contributed by atoms with van der Waals surface area (Å²) in [6.45, 7) is 7.46. The van der Waals surface area contributed by atoms with Crippen LogP contribution in [0.2, 0.25) is 0 Å². The van der Waals surface area contributed by atoms with Crippen molar-refractivity contribution in [1.29, 1.82) is 0 Å². The Labute approximate surface area is 199 Å². The summed E-state index contributed by atoms with van der Waals surface area (Å²) in [5, 5.41) is 0. The molecule has 0 aromatic rings. The molecule has 4 heteroatoms. The molecule has 0 unspecified atom stereocenters. The van der Waals surface area contributed by atoms with Gasteiger partial charge in [0.1, 0.15) is 0 Å². The molecule has 0 aliphatic carbocycles. The second kappa shape index (κ2) is 24.6. The molecule has 0 radical (unpaired) electrons. The largest absolute Gasteiger partial charge is 0.466 e. The summed E-state index contributed by atoms with van der Waals surface area (Å²) in [5.41, 5.74) is 0. The molecule has 0 spiro atoms. The minimum Gasteiger partial charge on any atom is -0.466 e. The van der Waals surface area contributed by atoms with E-state index in [-0.39, 0.29) is 11.9 Å². The summed E-state index contributed by atoms with van der Waals surface area (Å²) in [6.07, 6.45) is 23.4. The van der Waals surface area contributed by atoms with E-state index in [4.69, 9.17) is 9.47 Å². The molecule has 0 aromatic heterocycles. The summed E-state index contributed by atoms with van der Waals surface area (Å²) >= 11 is 0. The first-order chi connectivity index (χ1) is 15.6. The first-order valence-corrected chi connectivity index (χ1v) is 13.9. The van der Waals surface area contributed by atoms with Gasteiger partial charge in [-0.05, 0) is 25.2 Å². The molecule has 0 saturated heterocycles. The minimum atomic E-state index is -0.212. The molecular formula is C28H54O4. The molecule has 0 N–H and O–H groups in total. The van der Waals surface area contributed by atoms with Crippen molar-refractivity contribution in [2.45, 2.75) is 149 Å². The summed E-state index contributed by atoms with van der Waals surface area (Å²) in [7, 11) is 0. The number of carbonyl (C=O) groups excluding carboxylic acids is 2. The van der Waals surface area contributed by atoms with Crippen LogP contribution in [0.15, 0.2) is 0 Å². The number of hydrogen-bond acceptors (Lipinski definition) is 4. The molecular weight excluding hydrogens is 400 g/mol. The van der Waals surface area contributed by atoms with Crippen molar-refractivity contribution >= 4 is 11.9 Å². The van der Waals surface area contributed by atoms with E-state index in [9.17, 15) is 9.59 Å². The third kappa shape index (κ3) is 25.2. The van der Waals surface area contributed by atoms with Crippen LogP contribution >= 0.6 is 0 Å². The highest BCUT2D eigenvalue weighted by atomic mass is 16.5. The Morgan fingerprint density at radius 1 is 0.531 bits per heavy atom. The number of rotatable bonds is 24. The first-order valence-electron chi connectivity index (χ1n) is 13.9. The van der Waals surface area contributed by atoms with Crippen molar-refractivity contribution in [3.63, 3.8) is 0 Å². The van der Waals surface area contributed by atoms with Gasteiger partial charge in [0.05, 0.1) is 13.2 Å². The van der Waals surface area contributed by atoms with Crippen molar-refractivity contribution in [1.82, 2.24) is 0 Å². The van der Waals surface area contributed by atoms with E-state index < -0.39 is 0 Å². The second-order valence-corrected chi connectivity index (χ2v) is 9.78. The normalized spacial score (nSPS) is 11.1. The van der Waals surface area contributed by atoms with Crippen molar-refractivity contribution < 1.29 is 19.1 Å². The van der Waals surface area contributed by atoms with Gasteiger partial charge in [-0.15, -0.1) is 0 Å². The number of carbonyl (C=O) groups is 2. The Morgan fingerprint density at radius 2 is 0.906 bits per heavy atom. The smallest absolute Gasteiger partial charge is 0.305 e. The molecule has 0 atom stereocenters. The van der Waals surface area contributed by atoms with Crippen molar-refractivity contribution in [3.8, 4) is 0 Å². The van der Waals surface area contributed by atoms with E-state index in [0.717, 1.165) is 19.3 Å². The molecule has 0 amide bonds. The maximum atomic E-state index is 11.7. The molecule has 190 valence electrons. The van der Waals surface area contributed by atoms with Crippen LogP contribution in [0.1, 0.15) is 149 Å². The van der Waals surface area contributed by atoms with Gasteiger partial charge in [-0.1, -0.05) is 117 Å². The van der Waals surface area contributed by atoms with Crippen LogP contribution in [0.25, 0.3) is 0 Å². The number of esters is 2. The van der Waals surface area contributed by atoms with E-state index in [2.05, 4.69) is 20.8 Å². The van der Waals surface area contributed by atoms with Gasteiger partial charge in [-0.2, -0.15) is 0 Å². The number of unbranched alkanes of at least 4 members (excludes halogenated alkanes) is 15. The average Bonchev–Trinajstić information content (AvgIpc) is 2.75. The zero-order valence-corrected chi connectivity index (χ0v) is 21.8. The van der Waals surface area contributed by atoms with Crippen molar-refractivity contribution in [2.75, 3.05) is 13.2 Å². The highest BCUT2D eigenvalue weighted by Crippen LogP contribution is 2.13. The fourth-order valence-electron chi connectivity index (χ4n) is 3.77. The van der Waals surface area contributed by atoms with Gasteiger partial charge < -0.3 is 9.47 Å². The maximum absolute atomic E-state index is 11.7. The zero-order valence-electron chi connectivity index (χ0n) is 21.8. The molecule has 0 fully saturated rings. The fraction of sp³-hybridized carbons (Fsp3) is 0.929. The lowest BCUT2D eigenvalue weighted by Crippen LogP contribution is -2.10. The average molecular weight is 455 g/mol. The molecule has 0 aromatic carbocycles. The first kappa shape index (κ1) is 30.9. The molecule has 0 heterocycles. The molecule has 0 bridgehead atoms. The van der Waals surface area contributed by atoms with E-state index in [1.807, 2.05) is 0 Å². The van der Waals surface area contributed by atoms with Crippen LogP contribution in [0.4, 0.5) is 0 Å². The van der Waals surface area contributed by atoms with Crippen LogP contribution in [0.3, 0.4) is 0 Å². The van der Waals surface area contributed by atoms with Gasteiger partial charge in [0.15, 0.2) is 0 Å². The van der Waals surface area contributed by atoms with E-state index in [0.29, 0.717) is 38.4 Å². The van der Waals surface area contributed by atoms with E-state index >= 15 is 0 Å². The van der Waals surface area contributed by atoms with Gasteiger partial charge in [-0.3, -0.25) is 9.59 Å². The fourth-order valence-corrected chi connectivity index (χ4v) is 3.77. The van der Waals surface area contributed by atoms with Crippen molar-refractivity contribution in [3.05, 3.63) is 0 Å². The second-order valence-electron chi connectivity index (χ2n) is 9.78. The van der Waals surface area contributed by atoms with Crippen LogP contribution in [-0.4, -0.2) is 25.2 Å². The summed E-state index contributed by atoms with van der Waals surface area (Å²) in [4.78, 5) is 23.3. The maximum Gasteiger partial charge on any atom is 0.305 e. The number of ether oxygens (including phenoxy) is 2. The third-order valence-electron chi connectivity index (χ3n) is 5.98. The summed E-state index contributed by atoms with van der Waals surface area (Å²) in [6, 6.07) is 0. The summed E-state index contributed by atoms with van der Waals surface area (Å²) in [5.74, 6) is 0.125. The SMILES string of the molecule is CCCCCCCCCCCCCCCCCCOC(=O)CCCC(=O)OCCC(C)C. The van der Waals surface area contributed by atoms with Gasteiger partial charge >= 0.3 is 11.9 Å². The van der Waals surface area contributed by atoms with Gasteiger partial charge in [0, 0.05) is 12.8 Å². The van der Waals surface area contributed by atoms with Crippen molar-refractivity contribution in [2.24, 2.45) is 5.92 Å². The van der Waals surface area contributed by atoms with Crippen LogP contribution < -0.4 is 0 Å². The highest BCUT2D eigenvalue weighted by Gasteiger charge is 2.07. The van der Waals surface area contributed by atoms with Gasteiger partial charge in [-0.25, -0.2) is 0 Å². The molecule has 4 nitrogen and oxygen atoms in total. The van der Waals surface area contributed by atoms with Crippen LogP contribution in [0, 0.1) is 5.92 Å². The topological polar surface area (TPSA) is 52.6 Å². The predicted molar refractivity (Wildman–Crippen MR) is 135 cm³/mol. The molecule has 32 heavy (non-hydrogen) atoms. The number of hydrogen-bond donors (Lipinski definition) is 0. The van der Waals surface area contributed by atoms with E-state index in [1.54, 1.807) is 0 Å². The monoisotopic (exact) mass is 454 g/mol. The Kier molecular flexibility index (Phi) is 23.8. The highest BCUT2D eigenvalue weighted by molar-refractivity contribution is 5.72. The zero-order chi connectivity index (χ0) is 23.7. The van der Waals surface area contributed by atoms with Gasteiger partial charge in [0.25, 0.3) is 0 Å². The Morgan fingerprint density at radius 3 is 1.31 bits per heavy atom. The summed E-state index contributed by atoms with van der Waals surface area (Å²) < 4.78 is 10.4. The molecule has 0 aliphatic rings. The van der Waals surface area contributed by atoms with Gasteiger partial charge in [0.2, 0.25) is 0 Å². The third-order valence-corrected chi connectivity index (χ3v) is 5.98. The Balaban J connectivity index is 3.23. The Hall–Kier alpha value is -1.06. The molecule has 0 saturated carbocycles. The lowest BCUT2D eigenvalue weighted by molar-refractivity contribution is -0.145. The van der Waals surface area contributed by atoms with Crippen LogP contribution in [-0.2, 0) is 19.1 Å². The lowest BCUT2D eigenvalue weighted by atomic mass is 10.0. The van der Waals surface area contributed by atoms with E-state index in [1.165, 1.54) is 89.9 Å². The predicted octanol–water partition coefficient (Wildman–Crippen LogP) is 8.55.